The van der Waals surface area contributed by atoms with Gasteiger partial charge in [0, 0.05) is 45.6 Å². The maximum Gasteiger partial charge on any atom is 0.224 e. The number of amides is 1. The molecule has 1 amide bonds. The van der Waals surface area contributed by atoms with Crippen LogP contribution in [0.1, 0.15) is 29.7 Å². The van der Waals surface area contributed by atoms with Gasteiger partial charge in [-0.3, -0.25) is 9.69 Å². The van der Waals surface area contributed by atoms with Crippen LogP contribution >= 0.6 is 24.8 Å². The van der Waals surface area contributed by atoms with Gasteiger partial charge in [0.15, 0.2) is 5.82 Å². The van der Waals surface area contributed by atoms with Crippen LogP contribution in [0.5, 0.6) is 0 Å². The zero-order valence-corrected chi connectivity index (χ0v) is 16.3. The Labute approximate surface area is 165 Å². The van der Waals surface area contributed by atoms with Gasteiger partial charge in [-0.15, -0.1) is 24.8 Å². The van der Waals surface area contributed by atoms with Crippen molar-refractivity contribution >= 4 is 30.7 Å². The minimum atomic E-state index is -0.251. The molecule has 0 saturated carbocycles. The number of carbonyl (C=O) groups excluding carboxylic acids is 1. The largest absolute Gasteiger partial charge is 0.340 e. The second-order valence-electron chi connectivity index (χ2n) is 6.11. The molecule has 1 atom stereocenters. The van der Waals surface area contributed by atoms with Gasteiger partial charge < -0.3 is 15.2 Å². The van der Waals surface area contributed by atoms with Crippen molar-refractivity contribution in [1.29, 1.82) is 0 Å². The minimum Gasteiger partial charge on any atom is -0.340 e. The molecule has 1 saturated heterocycles. The third-order valence-corrected chi connectivity index (χ3v) is 4.28. The van der Waals surface area contributed by atoms with E-state index in [2.05, 4.69) is 15.0 Å². The topological polar surface area (TPSA) is 88.5 Å². The molecule has 0 spiro atoms. The lowest BCUT2D eigenvalue weighted by atomic mass is 10.0. The quantitative estimate of drug-likeness (QED) is 0.823. The van der Waals surface area contributed by atoms with Crippen molar-refractivity contribution < 1.29 is 9.32 Å². The number of hydrogen-bond donors (Lipinski definition) is 1. The van der Waals surface area contributed by atoms with E-state index in [0.717, 1.165) is 18.7 Å². The summed E-state index contributed by atoms with van der Waals surface area (Å²) >= 11 is 0. The zero-order valence-electron chi connectivity index (χ0n) is 14.7. The summed E-state index contributed by atoms with van der Waals surface area (Å²) in [7, 11) is 0. The molecule has 1 aromatic carbocycles. The first-order chi connectivity index (χ1) is 11.6. The Morgan fingerprint density at radius 3 is 2.42 bits per heavy atom. The van der Waals surface area contributed by atoms with Gasteiger partial charge in [0.25, 0.3) is 0 Å². The second kappa shape index (κ2) is 10.5. The number of piperazine rings is 1. The molecule has 9 heteroatoms. The highest BCUT2D eigenvalue weighted by molar-refractivity contribution is 5.85. The van der Waals surface area contributed by atoms with E-state index in [1.807, 2.05) is 35.2 Å². The summed E-state index contributed by atoms with van der Waals surface area (Å²) in [4.78, 5) is 20.8. The molecule has 26 heavy (non-hydrogen) atoms. The highest BCUT2D eigenvalue weighted by Gasteiger charge is 2.23. The van der Waals surface area contributed by atoms with E-state index in [1.165, 1.54) is 0 Å². The number of benzene rings is 1. The number of rotatable bonds is 5. The van der Waals surface area contributed by atoms with Crippen LogP contribution in [0.3, 0.4) is 0 Å². The maximum absolute atomic E-state index is 12.4. The smallest absolute Gasteiger partial charge is 0.224 e. The Hall–Kier alpha value is -1.67. The molecule has 2 heterocycles. The maximum atomic E-state index is 12.4. The molecule has 1 aliphatic rings. The lowest BCUT2D eigenvalue weighted by Crippen LogP contribution is -2.48. The van der Waals surface area contributed by atoms with Gasteiger partial charge in [0.05, 0.1) is 6.54 Å². The average Bonchev–Trinajstić information content (AvgIpc) is 3.01. The van der Waals surface area contributed by atoms with E-state index in [-0.39, 0.29) is 36.8 Å². The van der Waals surface area contributed by atoms with Crippen molar-refractivity contribution in [3.05, 3.63) is 47.6 Å². The molecule has 1 unspecified atom stereocenters. The van der Waals surface area contributed by atoms with Gasteiger partial charge >= 0.3 is 0 Å². The van der Waals surface area contributed by atoms with Crippen LogP contribution in [0, 0.1) is 6.92 Å². The van der Waals surface area contributed by atoms with Gasteiger partial charge in [-0.1, -0.05) is 35.5 Å². The van der Waals surface area contributed by atoms with E-state index in [9.17, 15) is 4.79 Å². The first-order valence-corrected chi connectivity index (χ1v) is 8.21. The predicted molar refractivity (Wildman–Crippen MR) is 103 cm³/mol. The molecule has 7 nitrogen and oxygen atoms in total. The Morgan fingerprint density at radius 2 is 1.85 bits per heavy atom. The van der Waals surface area contributed by atoms with Crippen LogP contribution in [-0.2, 0) is 11.3 Å². The number of aromatic nitrogens is 2. The molecular weight excluding hydrogens is 377 g/mol. The fraction of sp³-hybridized carbons (Fsp3) is 0.471. The first kappa shape index (κ1) is 22.4. The summed E-state index contributed by atoms with van der Waals surface area (Å²) in [6.07, 6.45) is 0.341. The predicted octanol–water partition coefficient (Wildman–Crippen LogP) is 1.96. The number of nitrogens with two attached hydrogens (primary N) is 1. The van der Waals surface area contributed by atoms with Crippen molar-refractivity contribution in [3.63, 3.8) is 0 Å². The molecule has 0 radical (unpaired) electrons. The summed E-state index contributed by atoms with van der Waals surface area (Å²) in [5.41, 5.74) is 7.15. The van der Waals surface area contributed by atoms with Crippen molar-refractivity contribution in [1.82, 2.24) is 19.9 Å². The van der Waals surface area contributed by atoms with E-state index in [0.29, 0.717) is 37.8 Å². The number of nitrogens with zero attached hydrogens (tertiary/aromatic N) is 4. The van der Waals surface area contributed by atoms with Gasteiger partial charge in [-0.05, 0) is 5.56 Å². The van der Waals surface area contributed by atoms with Crippen LogP contribution < -0.4 is 5.73 Å². The number of carbonyl (C=O) groups is 1. The monoisotopic (exact) mass is 401 g/mol. The SMILES string of the molecule is Cc1nc(CN2CCN(C(=O)CC(N)c3ccccc3)CC2)no1.Cl.Cl. The highest BCUT2D eigenvalue weighted by atomic mass is 35.5. The molecule has 1 fully saturated rings. The Morgan fingerprint density at radius 1 is 1.19 bits per heavy atom. The van der Waals surface area contributed by atoms with Crippen molar-refractivity contribution in [2.75, 3.05) is 26.2 Å². The number of aryl methyl sites for hydroxylation is 1. The summed E-state index contributed by atoms with van der Waals surface area (Å²) in [5.74, 6) is 1.38. The molecule has 0 aliphatic carbocycles. The van der Waals surface area contributed by atoms with E-state index >= 15 is 0 Å². The summed E-state index contributed by atoms with van der Waals surface area (Å²) in [5, 5.41) is 3.91. The minimum absolute atomic E-state index is 0. The zero-order chi connectivity index (χ0) is 16.9. The van der Waals surface area contributed by atoms with Crippen LogP contribution in [0.4, 0.5) is 0 Å². The Balaban J connectivity index is 0.00000169. The Kier molecular flexibility index (Phi) is 9.01. The van der Waals surface area contributed by atoms with Gasteiger partial charge in [-0.2, -0.15) is 4.98 Å². The molecule has 144 valence electrons. The number of halogens is 2. The fourth-order valence-electron chi connectivity index (χ4n) is 2.90. The van der Waals surface area contributed by atoms with Crippen molar-refractivity contribution in [2.24, 2.45) is 5.73 Å². The second-order valence-corrected chi connectivity index (χ2v) is 6.11. The summed E-state index contributed by atoms with van der Waals surface area (Å²) in [6, 6.07) is 9.50. The van der Waals surface area contributed by atoms with E-state index in [1.54, 1.807) is 6.92 Å². The van der Waals surface area contributed by atoms with Crippen LogP contribution in [0.15, 0.2) is 34.9 Å². The van der Waals surface area contributed by atoms with Crippen LogP contribution in [0.2, 0.25) is 0 Å². The van der Waals surface area contributed by atoms with Crippen molar-refractivity contribution in [2.45, 2.75) is 25.9 Å². The van der Waals surface area contributed by atoms with Crippen LogP contribution in [0.25, 0.3) is 0 Å². The lowest BCUT2D eigenvalue weighted by Gasteiger charge is -2.34. The third kappa shape index (κ3) is 5.95. The van der Waals surface area contributed by atoms with Crippen LogP contribution in [-0.4, -0.2) is 52.0 Å². The molecule has 3 rings (SSSR count). The number of hydrogen-bond acceptors (Lipinski definition) is 6. The van der Waals surface area contributed by atoms with Crippen molar-refractivity contribution in [3.8, 4) is 0 Å². The summed E-state index contributed by atoms with van der Waals surface area (Å²) in [6.45, 7) is 5.46. The summed E-state index contributed by atoms with van der Waals surface area (Å²) < 4.78 is 4.98. The normalized spacial score (nSPS) is 15.7. The third-order valence-electron chi connectivity index (χ3n) is 4.28. The molecular formula is C17H25Cl2N5O2. The molecule has 1 aliphatic heterocycles. The van der Waals surface area contributed by atoms with Gasteiger partial charge in [0.2, 0.25) is 11.8 Å². The molecule has 2 N–H and O–H groups in total. The molecule has 0 bridgehead atoms. The Bertz CT molecular complexity index is 675. The first-order valence-electron chi connectivity index (χ1n) is 8.21. The fourth-order valence-corrected chi connectivity index (χ4v) is 2.90. The average molecular weight is 402 g/mol. The molecule has 1 aromatic heterocycles. The van der Waals surface area contributed by atoms with E-state index < -0.39 is 0 Å². The van der Waals surface area contributed by atoms with Gasteiger partial charge in [0.1, 0.15) is 0 Å². The lowest BCUT2D eigenvalue weighted by molar-refractivity contribution is -0.133. The van der Waals surface area contributed by atoms with E-state index in [4.69, 9.17) is 10.3 Å². The van der Waals surface area contributed by atoms with Gasteiger partial charge in [-0.25, -0.2) is 0 Å². The highest BCUT2D eigenvalue weighted by Crippen LogP contribution is 2.16. The molecule has 2 aromatic rings. The standard InChI is InChI=1S/C17H23N5O2.2ClH/c1-13-19-16(20-24-13)12-21-7-9-22(10-8-21)17(23)11-15(18)14-5-3-2-4-6-14;;/h2-6,15H,7-12,18H2,1H3;2*1H.